The molecule has 0 saturated carbocycles. The first-order valence-electron chi connectivity index (χ1n) is 4.44. The van der Waals surface area contributed by atoms with E-state index in [4.69, 9.17) is 0 Å². The lowest BCUT2D eigenvalue weighted by atomic mass is 10.3. The van der Waals surface area contributed by atoms with Gasteiger partial charge in [-0.15, -0.1) is 10.2 Å². The molecule has 0 radical (unpaired) electrons. The summed E-state index contributed by atoms with van der Waals surface area (Å²) in [6, 6.07) is 1.22. The summed E-state index contributed by atoms with van der Waals surface area (Å²) in [7, 11) is 0. The fourth-order valence-corrected chi connectivity index (χ4v) is 0.863. The van der Waals surface area contributed by atoms with Gasteiger partial charge in [0.25, 0.3) is 0 Å². The molecule has 1 N–H and O–H groups in total. The standard InChI is InChI=1S/C8H6F7N3/c9-6(10)7(11,12)3-16-5-2-1-4(17-18-5)8(13,14)15/h1-2,6H,3H2,(H,16,18). The zero-order valence-corrected chi connectivity index (χ0v) is 8.48. The second-order valence-corrected chi connectivity index (χ2v) is 3.22. The molecule has 0 aliphatic carbocycles. The van der Waals surface area contributed by atoms with E-state index in [-0.39, 0.29) is 0 Å². The van der Waals surface area contributed by atoms with Gasteiger partial charge < -0.3 is 5.32 Å². The summed E-state index contributed by atoms with van der Waals surface area (Å²) in [5, 5.41) is 7.45. The van der Waals surface area contributed by atoms with E-state index in [1.807, 2.05) is 0 Å². The van der Waals surface area contributed by atoms with Gasteiger partial charge in [0, 0.05) is 0 Å². The zero-order valence-electron chi connectivity index (χ0n) is 8.48. The Balaban J connectivity index is 2.65. The molecule has 10 heteroatoms. The van der Waals surface area contributed by atoms with E-state index in [1.165, 1.54) is 0 Å². The first-order chi connectivity index (χ1) is 8.13. The number of hydrogen-bond donors (Lipinski definition) is 1. The monoisotopic (exact) mass is 277 g/mol. The molecule has 0 bridgehead atoms. The number of nitrogens with zero attached hydrogens (tertiary/aromatic N) is 2. The summed E-state index contributed by atoms with van der Waals surface area (Å²) < 4.78 is 84.6. The Bertz CT molecular complexity index is 387. The summed E-state index contributed by atoms with van der Waals surface area (Å²) >= 11 is 0. The molecule has 0 aromatic carbocycles. The van der Waals surface area contributed by atoms with Crippen molar-refractivity contribution < 1.29 is 30.7 Å². The van der Waals surface area contributed by atoms with E-state index in [0.29, 0.717) is 6.07 Å². The second kappa shape index (κ2) is 4.94. The van der Waals surface area contributed by atoms with Gasteiger partial charge in [-0.05, 0) is 12.1 Å². The summed E-state index contributed by atoms with van der Waals surface area (Å²) in [5.41, 5.74) is -1.31. The zero-order chi connectivity index (χ0) is 14.0. The quantitative estimate of drug-likeness (QED) is 0.860. The van der Waals surface area contributed by atoms with Crippen molar-refractivity contribution in [2.24, 2.45) is 0 Å². The summed E-state index contributed by atoms with van der Waals surface area (Å²) in [5.74, 6) is -4.76. The Morgan fingerprint density at radius 2 is 1.67 bits per heavy atom. The van der Waals surface area contributed by atoms with Crippen LogP contribution in [0.15, 0.2) is 12.1 Å². The van der Waals surface area contributed by atoms with Crippen molar-refractivity contribution in [1.29, 1.82) is 0 Å². The highest BCUT2D eigenvalue weighted by Gasteiger charge is 2.40. The minimum Gasteiger partial charge on any atom is -0.362 e. The van der Waals surface area contributed by atoms with Crippen molar-refractivity contribution in [3.05, 3.63) is 17.8 Å². The second-order valence-electron chi connectivity index (χ2n) is 3.22. The Morgan fingerprint density at radius 1 is 1.06 bits per heavy atom. The number of aromatic nitrogens is 2. The van der Waals surface area contributed by atoms with E-state index in [0.717, 1.165) is 6.07 Å². The summed E-state index contributed by atoms with van der Waals surface area (Å²) in [4.78, 5) is 0. The van der Waals surface area contributed by atoms with Crippen molar-refractivity contribution in [2.45, 2.75) is 18.5 Å². The Morgan fingerprint density at radius 3 is 2.06 bits per heavy atom. The Kier molecular flexibility index (Phi) is 3.97. The minimum atomic E-state index is -4.71. The molecular weight excluding hydrogens is 271 g/mol. The minimum absolute atomic E-state index is 0.455. The first kappa shape index (κ1) is 14.5. The third-order valence-corrected chi connectivity index (χ3v) is 1.78. The molecule has 1 aromatic heterocycles. The van der Waals surface area contributed by atoms with E-state index < -0.39 is 36.6 Å². The Labute approximate surface area is 96.0 Å². The predicted octanol–water partition coefficient (Wildman–Crippen LogP) is 2.81. The predicted molar refractivity (Wildman–Crippen MR) is 46.5 cm³/mol. The molecule has 0 fully saturated rings. The normalized spacial score (nSPS) is 12.9. The number of alkyl halides is 7. The fraction of sp³-hybridized carbons (Fsp3) is 0.500. The molecule has 1 aromatic rings. The fourth-order valence-electron chi connectivity index (χ4n) is 0.863. The maximum absolute atomic E-state index is 12.5. The van der Waals surface area contributed by atoms with Crippen LogP contribution in [-0.4, -0.2) is 29.1 Å². The highest BCUT2D eigenvalue weighted by molar-refractivity contribution is 5.33. The van der Waals surface area contributed by atoms with E-state index in [2.05, 4.69) is 10.2 Å². The van der Waals surface area contributed by atoms with Crippen molar-refractivity contribution in [1.82, 2.24) is 10.2 Å². The van der Waals surface area contributed by atoms with Gasteiger partial charge >= 0.3 is 18.5 Å². The molecule has 0 aliphatic heterocycles. The number of anilines is 1. The molecule has 0 unspecified atom stereocenters. The van der Waals surface area contributed by atoms with E-state index in [9.17, 15) is 30.7 Å². The van der Waals surface area contributed by atoms with Gasteiger partial charge in [-0.1, -0.05) is 0 Å². The molecule has 1 heterocycles. The molecule has 0 amide bonds. The van der Waals surface area contributed by atoms with Crippen molar-refractivity contribution in [3.8, 4) is 0 Å². The number of halogens is 7. The van der Waals surface area contributed by atoms with Gasteiger partial charge in [0.05, 0.1) is 6.54 Å². The highest BCUT2D eigenvalue weighted by atomic mass is 19.4. The van der Waals surface area contributed by atoms with E-state index >= 15 is 0 Å². The van der Waals surface area contributed by atoms with Crippen LogP contribution in [0, 0.1) is 0 Å². The number of hydrogen-bond acceptors (Lipinski definition) is 3. The Hall–Kier alpha value is -1.61. The molecule has 3 nitrogen and oxygen atoms in total. The van der Waals surface area contributed by atoms with Crippen LogP contribution in [0.2, 0.25) is 0 Å². The smallest absolute Gasteiger partial charge is 0.362 e. The van der Waals surface area contributed by atoms with Crippen molar-refractivity contribution >= 4 is 5.82 Å². The van der Waals surface area contributed by atoms with Crippen LogP contribution in [0.4, 0.5) is 36.6 Å². The third-order valence-electron chi connectivity index (χ3n) is 1.78. The molecule has 18 heavy (non-hydrogen) atoms. The highest BCUT2D eigenvalue weighted by Crippen LogP contribution is 2.27. The molecule has 102 valence electrons. The molecule has 0 saturated heterocycles. The van der Waals surface area contributed by atoms with Gasteiger partial charge in [0.1, 0.15) is 5.82 Å². The topological polar surface area (TPSA) is 37.8 Å². The first-order valence-corrected chi connectivity index (χ1v) is 4.44. The lowest BCUT2D eigenvalue weighted by molar-refractivity contribution is -0.141. The van der Waals surface area contributed by atoms with Crippen LogP contribution in [0.25, 0.3) is 0 Å². The summed E-state index contributed by atoms with van der Waals surface area (Å²) in [6.45, 7) is -1.45. The third kappa shape index (κ3) is 3.70. The van der Waals surface area contributed by atoms with Gasteiger partial charge in [-0.25, -0.2) is 8.78 Å². The van der Waals surface area contributed by atoms with Crippen molar-refractivity contribution in [3.63, 3.8) is 0 Å². The van der Waals surface area contributed by atoms with Crippen LogP contribution in [0.5, 0.6) is 0 Å². The van der Waals surface area contributed by atoms with Gasteiger partial charge in [0.2, 0.25) is 0 Å². The lowest BCUT2D eigenvalue weighted by Crippen LogP contribution is -2.35. The maximum Gasteiger partial charge on any atom is 0.435 e. The van der Waals surface area contributed by atoms with Crippen LogP contribution in [0.1, 0.15) is 5.69 Å². The van der Waals surface area contributed by atoms with Gasteiger partial charge in [-0.2, -0.15) is 22.0 Å². The SMILES string of the molecule is FC(F)C(F)(F)CNc1ccc(C(F)(F)F)nn1. The average molecular weight is 277 g/mol. The lowest BCUT2D eigenvalue weighted by Gasteiger charge is -2.15. The van der Waals surface area contributed by atoms with Gasteiger partial charge in [-0.3, -0.25) is 0 Å². The van der Waals surface area contributed by atoms with Crippen LogP contribution in [0.3, 0.4) is 0 Å². The number of rotatable bonds is 4. The van der Waals surface area contributed by atoms with Crippen molar-refractivity contribution in [2.75, 3.05) is 11.9 Å². The molecule has 0 aliphatic rings. The van der Waals surface area contributed by atoms with Gasteiger partial charge in [0.15, 0.2) is 5.69 Å². The number of nitrogens with one attached hydrogen (secondary N) is 1. The van der Waals surface area contributed by atoms with E-state index in [1.54, 1.807) is 5.32 Å². The summed E-state index contributed by atoms with van der Waals surface area (Å²) in [6.07, 6.45) is -8.59. The maximum atomic E-state index is 12.5. The van der Waals surface area contributed by atoms with Crippen LogP contribution < -0.4 is 5.32 Å². The molecular formula is C8H6F7N3. The van der Waals surface area contributed by atoms with Crippen LogP contribution >= 0.6 is 0 Å². The average Bonchev–Trinajstić information content (AvgIpc) is 2.25. The molecule has 0 spiro atoms. The molecule has 1 rings (SSSR count). The largest absolute Gasteiger partial charge is 0.435 e. The van der Waals surface area contributed by atoms with Crippen LogP contribution in [-0.2, 0) is 6.18 Å². The molecule has 0 atom stereocenters.